The number of halogens is 2. The summed E-state index contributed by atoms with van der Waals surface area (Å²) in [5.41, 5.74) is 1.04. The highest BCUT2D eigenvalue weighted by molar-refractivity contribution is 6.35. The van der Waals surface area contributed by atoms with E-state index in [1.165, 1.54) is 0 Å². The van der Waals surface area contributed by atoms with Gasteiger partial charge in [-0.15, -0.1) is 0 Å². The van der Waals surface area contributed by atoms with E-state index in [0.717, 1.165) is 50.7 Å². The lowest BCUT2D eigenvalue weighted by Gasteiger charge is -2.43. The van der Waals surface area contributed by atoms with Crippen molar-refractivity contribution in [1.82, 2.24) is 15.5 Å². The van der Waals surface area contributed by atoms with Crippen molar-refractivity contribution in [3.05, 3.63) is 33.8 Å². The summed E-state index contributed by atoms with van der Waals surface area (Å²) in [6, 6.07) is 5.50. The van der Waals surface area contributed by atoms with Crippen molar-refractivity contribution in [1.29, 1.82) is 0 Å². The number of benzene rings is 1. The summed E-state index contributed by atoms with van der Waals surface area (Å²) in [7, 11) is 4.26. The molecule has 25 heavy (non-hydrogen) atoms. The van der Waals surface area contributed by atoms with Gasteiger partial charge in [-0.3, -0.25) is 0 Å². The van der Waals surface area contributed by atoms with Crippen molar-refractivity contribution in [3.63, 3.8) is 0 Å². The molecule has 1 aromatic carbocycles. The van der Waals surface area contributed by atoms with E-state index < -0.39 is 0 Å². The van der Waals surface area contributed by atoms with Crippen LogP contribution in [0.15, 0.2) is 23.2 Å². The fourth-order valence-electron chi connectivity index (χ4n) is 2.94. The molecule has 0 atom stereocenters. The second kappa shape index (κ2) is 9.62. The summed E-state index contributed by atoms with van der Waals surface area (Å²) in [5.74, 6) is 0.793. The van der Waals surface area contributed by atoms with E-state index in [2.05, 4.69) is 41.5 Å². The molecule has 0 unspecified atom stereocenters. The zero-order valence-corrected chi connectivity index (χ0v) is 16.8. The lowest BCUT2D eigenvalue weighted by Crippen LogP contribution is -2.57. The summed E-state index contributed by atoms with van der Waals surface area (Å²) in [5, 5.41) is 8.06. The Bertz CT molecular complexity index is 586. The van der Waals surface area contributed by atoms with Gasteiger partial charge in [-0.25, -0.2) is 4.99 Å². The highest BCUT2D eigenvalue weighted by Gasteiger charge is 2.34. The molecule has 0 spiro atoms. The Balaban J connectivity index is 2.03. The molecule has 0 saturated carbocycles. The molecular weight excluding hydrogens is 359 g/mol. The van der Waals surface area contributed by atoms with Gasteiger partial charge in [0, 0.05) is 41.9 Å². The average molecular weight is 387 g/mol. The number of ether oxygens (including phenoxy) is 1. The molecule has 0 bridgehead atoms. The quantitative estimate of drug-likeness (QED) is 0.582. The summed E-state index contributed by atoms with van der Waals surface area (Å²) in [4.78, 5) is 6.96. The van der Waals surface area contributed by atoms with Crippen molar-refractivity contribution >= 4 is 29.2 Å². The van der Waals surface area contributed by atoms with E-state index in [1.54, 1.807) is 6.07 Å². The van der Waals surface area contributed by atoms with Crippen LogP contribution in [0.4, 0.5) is 0 Å². The number of aliphatic imine (C=N–C) groups is 1. The van der Waals surface area contributed by atoms with Gasteiger partial charge in [0.2, 0.25) is 0 Å². The Hall–Kier alpha value is -1.01. The molecule has 1 aromatic rings. The minimum atomic E-state index is 0.0896. The lowest BCUT2D eigenvalue weighted by molar-refractivity contribution is -0.00501. The molecule has 5 nitrogen and oxygen atoms in total. The highest BCUT2D eigenvalue weighted by Crippen LogP contribution is 2.25. The average Bonchev–Trinajstić information content (AvgIpc) is 2.59. The number of nitrogens with zero attached hydrogens (tertiary/aromatic N) is 2. The first-order chi connectivity index (χ1) is 12.0. The van der Waals surface area contributed by atoms with Gasteiger partial charge in [0.15, 0.2) is 5.96 Å². The second-order valence-corrected chi connectivity index (χ2v) is 7.36. The van der Waals surface area contributed by atoms with Gasteiger partial charge in [0.25, 0.3) is 0 Å². The third kappa shape index (κ3) is 5.74. The number of hydrogen-bond donors (Lipinski definition) is 2. The molecule has 1 aliphatic heterocycles. The van der Waals surface area contributed by atoms with Gasteiger partial charge in [-0.1, -0.05) is 29.3 Å². The maximum absolute atomic E-state index is 6.24. The number of nitrogens with one attached hydrogen (secondary N) is 2. The molecule has 1 aliphatic rings. The standard InChI is InChI=1S/C18H28Cl2N4O/c1-4-21-17(22-12-14-5-6-15(19)11-16(14)20)23-13-18(24(2)3)7-9-25-10-8-18/h5-6,11H,4,7-10,12-13H2,1-3H3,(H2,21,22,23). The molecule has 2 N–H and O–H groups in total. The number of likely N-dealkylation sites (N-methyl/N-ethyl adjacent to an activating group) is 1. The van der Waals surface area contributed by atoms with Gasteiger partial charge in [-0.2, -0.15) is 0 Å². The monoisotopic (exact) mass is 386 g/mol. The van der Waals surface area contributed by atoms with Crippen LogP contribution in [-0.2, 0) is 11.3 Å². The SMILES string of the molecule is CCNC(=NCc1ccc(Cl)cc1Cl)NCC1(N(C)C)CCOCC1. The Labute approximate surface area is 160 Å². The number of hydrogen-bond acceptors (Lipinski definition) is 3. The molecule has 0 aliphatic carbocycles. The largest absolute Gasteiger partial charge is 0.381 e. The first kappa shape index (κ1) is 20.3. The van der Waals surface area contributed by atoms with Crippen molar-refractivity contribution in [2.45, 2.75) is 31.8 Å². The van der Waals surface area contributed by atoms with E-state index in [9.17, 15) is 0 Å². The summed E-state index contributed by atoms with van der Waals surface area (Å²) < 4.78 is 5.53. The summed E-state index contributed by atoms with van der Waals surface area (Å²) in [6.07, 6.45) is 2.02. The topological polar surface area (TPSA) is 48.9 Å². The normalized spacial score (nSPS) is 17.6. The lowest BCUT2D eigenvalue weighted by atomic mass is 9.88. The van der Waals surface area contributed by atoms with Crippen molar-refractivity contribution in [2.24, 2.45) is 4.99 Å². The molecular formula is C18H28Cl2N4O. The molecule has 2 rings (SSSR count). The Morgan fingerprint density at radius 3 is 2.56 bits per heavy atom. The van der Waals surface area contributed by atoms with Crippen LogP contribution in [-0.4, -0.2) is 56.8 Å². The highest BCUT2D eigenvalue weighted by atomic mass is 35.5. The van der Waals surface area contributed by atoms with E-state index >= 15 is 0 Å². The molecule has 0 radical (unpaired) electrons. The van der Waals surface area contributed by atoms with Crippen LogP contribution in [0.2, 0.25) is 10.0 Å². The first-order valence-corrected chi connectivity index (χ1v) is 9.44. The third-order valence-electron chi connectivity index (χ3n) is 4.72. The maximum atomic E-state index is 6.24. The predicted molar refractivity (Wildman–Crippen MR) is 106 cm³/mol. The zero-order valence-electron chi connectivity index (χ0n) is 15.2. The molecule has 0 amide bonds. The van der Waals surface area contributed by atoms with Crippen LogP contribution >= 0.6 is 23.2 Å². The van der Waals surface area contributed by atoms with Crippen molar-refractivity contribution in [2.75, 3.05) is 40.4 Å². The Morgan fingerprint density at radius 1 is 1.24 bits per heavy atom. The van der Waals surface area contributed by atoms with Crippen LogP contribution < -0.4 is 10.6 Å². The van der Waals surface area contributed by atoms with Gasteiger partial charge >= 0.3 is 0 Å². The summed E-state index contributed by atoms with van der Waals surface area (Å²) >= 11 is 12.2. The van der Waals surface area contributed by atoms with Crippen LogP contribution in [0.5, 0.6) is 0 Å². The maximum Gasteiger partial charge on any atom is 0.191 e. The Kier molecular flexibility index (Phi) is 7.81. The van der Waals surface area contributed by atoms with Gasteiger partial charge < -0.3 is 20.3 Å². The van der Waals surface area contributed by atoms with Crippen LogP contribution in [0.25, 0.3) is 0 Å². The van der Waals surface area contributed by atoms with Crippen molar-refractivity contribution < 1.29 is 4.74 Å². The number of guanidine groups is 1. The van der Waals surface area contributed by atoms with E-state index in [0.29, 0.717) is 16.6 Å². The van der Waals surface area contributed by atoms with E-state index in [4.69, 9.17) is 27.9 Å². The van der Waals surface area contributed by atoms with E-state index in [-0.39, 0.29) is 5.54 Å². The second-order valence-electron chi connectivity index (χ2n) is 6.52. The molecule has 0 aromatic heterocycles. The van der Waals surface area contributed by atoms with E-state index in [1.807, 2.05) is 12.1 Å². The van der Waals surface area contributed by atoms with Crippen LogP contribution in [0.3, 0.4) is 0 Å². The molecule has 140 valence electrons. The van der Waals surface area contributed by atoms with Gasteiger partial charge in [-0.05, 0) is 51.6 Å². The van der Waals surface area contributed by atoms with Crippen LogP contribution in [0.1, 0.15) is 25.3 Å². The van der Waals surface area contributed by atoms with Gasteiger partial charge in [0.1, 0.15) is 0 Å². The van der Waals surface area contributed by atoms with Crippen LogP contribution in [0, 0.1) is 0 Å². The fourth-order valence-corrected chi connectivity index (χ4v) is 3.41. The minimum Gasteiger partial charge on any atom is -0.381 e. The first-order valence-electron chi connectivity index (χ1n) is 8.68. The Morgan fingerprint density at radius 2 is 1.96 bits per heavy atom. The smallest absolute Gasteiger partial charge is 0.191 e. The minimum absolute atomic E-state index is 0.0896. The number of rotatable bonds is 6. The zero-order chi connectivity index (χ0) is 18.3. The van der Waals surface area contributed by atoms with Crippen molar-refractivity contribution in [3.8, 4) is 0 Å². The molecule has 1 heterocycles. The molecule has 7 heteroatoms. The molecule has 1 saturated heterocycles. The summed E-state index contributed by atoms with van der Waals surface area (Å²) in [6.45, 7) is 5.79. The third-order valence-corrected chi connectivity index (χ3v) is 5.31. The molecule has 1 fully saturated rings. The predicted octanol–water partition coefficient (Wildman–Crippen LogP) is 3.16. The fraction of sp³-hybridized carbons (Fsp3) is 0.611. The van der Waals surface area contributed by atoms with Gasteiger partial charge in [0.05, 0.1) is 6.54 Å².